The van der Waals surface area contributed by atoms with Crippen LogP contribution in [0.15, 0.2) is 67.3 Å². The van der Waals surface area contributed by atoms with E-state index in [2.05, 4.69) is 30.2 Å². The van der Waals surface area contributed by atoms with Gasteiger partial charge in [-0.25, -0.2) is 24.3 Å². The van der Waals surface area contributed by atoms with Crippen LogP contribution in [0.4, 0.5) is 10.2 Å². The van der Waals surface area contributed by atoms with Crippen LogP contribution in [0, 0.1) is 5.82 Å². The number of hydrogen-bond acceptors (Lipinski definition) is 5. The van der Waals surface area contributed by atoms with Gasteiger partial charge in [0, 0.05) is 17.5 Å². The van der Waals surface area contributed by atoms with Gasteiger partial charge in [0.2, 0.25) is 0 Å². The molecule has 0 radical (unpaired) electrons. The predicted octanol–water partition coefficient (Wildman–Crippen LogP) is 4.36. The van der Waals surface area contributed by atoms with Crippen molar-refractivity contribution in [3.8, 4) is 11.3 Å². The SMILES string of the molecule is Fc1cccc2cc(CCNc3ncnc4nc[nH]c34)c(-c3ccccc3)nc12. The van der Waals surface area contributed by atoms with Gasteiger partial charge in [0.25, 0.3) is 0 Å². The smallest absolute Gasteiger partial charge is 0.182 e. The van der Waals surface area contributed by atoms with Crippen molar-refractivity contribution in [3.05, 3.63) is 78.6 Å². The minimum Gasteiger partial charge on any atom is -0.368 e. The molecule has 2 aromatic carbocycles. The second kappa shape index (κ2) is 7.27. The third-order valence-electron chi connectivity index (χ3n) is 4.83. The zero-order chi connectivity index (χ0) is 19.6. The Bertz CT molecular complexity index is 1300. The van der Waals surface area contributed by atoms with Crippen molar-refractivity contribution in [1.29, 1.82) is 0 Å². The van der Waals surface area contributed by atoms with Crippen LogP contribution in [0.5, 0.6) is 0 Å². The van der Waals surface area contributed by atoms with Gasteiger partial charge in [-0.3, -0.25) is 0 Å². The van der Waals surface area contributed by atoms with Crippen molar-refractivity contribution >= 4 is 27.9 Å². The second-order valence-electron chi connectivity index (χ2n) is 6.67. The Morgan fingerprint density at radius 1 is 0.966 bits per heavy atom. The third-order valence-corrected chi connectivity index (χ3v) is 4.83. The summed E-state index contributed by atoms with van der Waals surface area (Å²) in [6, 6.07) is 16.9. The number of para-hydroxylation sites is 1. The Morgan fingerprint density at radius 2 is 1.86 bits per heavy atom. The van der Waals surface area contributed by atoms with E-state index in [1.165, 1.54) is 12.4 Å². The van der Waals surface area contributed by atoms with Crippen molar-refractivity contribution in [3.63, 3.8) is 0 Å². The van der Waals surface area contributed by atoms with Crippen molar-refractivity contribution in [2.24, 2.45) is 0 Å². The fourth-order valence-electron chi connectivity index (χ4n) is 3.46. The standard InChI is InChI=1S/C22H17FN6/c23-17-8-4-7-15-11-16(18(29-19(15)17)14-5-2-1-3-6-14)9-10-24-21-20-22(26-12-25-20)28-13-27-21/h1-8,11-13H,9-10H2,(H2,24,25,26,27,28). The lowest BCUT2D eigenvalue weighted by atomic mass is 10.0. The van der Waals surface area contributed by atoms with Crippen LogP contribution in [0.1, 0.15) is 5.56 Å². The number of imidazole rings is 1. The zero-order valence-electron chi connectivity index (χ0n) is 15.4. The third kappa shape index (κ3) is 3.27. The summed E-state index contributed by atoms with van der Waals surface area (Å²) in [5.41, 5.74) is 4.57. The summed E-state index contributed by atoms with van der Waals surface area (Å²) in [4.78, 5) is 20.3. The lowest BCUT2D eigenvalue weighted by Gasteiger charge is -2.12. The first-order chi connectivity index (χ1) is 14.3. The molecule has 142 valence electrons. The number of nitrogens with one attached hydrogen (secondary N) is 2. The molecule has 0 aliphatic carbocycles. The molecule has 7 heteroatoms. The molecule has 5 aromatic rings. The van der Waals surface area contributed by atoms with Crippen LogP contribution in [0.25, 0.3) is 33.3 Å². The lowest BCUT2D eigenvalue weighted by molar-refractivity contribution is 0.637. The van der Waals surface area contributed by atoms with Gasteiger partial charge in [-0.1, -0.05) is 42.5 Å². The monoisotopic (exact) mass is 384 g/mol. The molecule has 0 saturated heterocycles. The molecule has 0 aliphatic rings. The van der Waals surface area contributed by atoms with Crippen LogP contribution >= 0.6 is 0 Å². The summed E-state index contributed by atoms with van der Waals surface area (Å²) in [5.74, 6) is 0.389. The van der Waals surface area contributed by atoms with Crippen LogP contribution in [-0.2, 0) is 6.42 Å². The molecule has 0 aliphatic heterocycles. The van der Waals surface area contributed by atoms with E-state index in [1.54, 1.807) is 12.4 Å². The number of halogens is 1. The minimum absolute atomic E-state index is 0.313. The van der Waals surface area contributed by atoms with E-state index in [9.17, 15) is 4.39 Å². The highest BCUT2D eigenvalue weighted by Gasteiger charge is 2.12. The largest absolute Gasteiger partial charge is 0.368 e. The van der Waals surface area contributed by atoms with Crippen LogP contribution in [0.3, 0.4) is 0 Å². The van der Waals surface area contributed by atoms with E-state index in [0.29, 0.717) is 29.9 Å². The molecule has 0 saturated carbocycles. The first-order valence-electron chi connectivity index (χ1n) is 9.31. The van der Waals surface area contributed by atoms with Gasteiger partial charge in [0.05, 0.1) is 12.0 Å². The van der Waals surface area contributed by atoms with Crippen molar-refractivity contribution < 1.29 is 4.39 Å². The molecular formula is C22H17FN6. The number of aromatic nitrogens is 5. The number of fused-ring (bicyclic) bond motifs is 2. The minimum atomic E-state index is -0.313. The molecular weight excluding hydrogens is 367 g/mol. The number of hydrogen-bond donors (Lipinski definition) is 2. The van der Waals surface area contributed by atoms with E-state index in [-0.39, 0.29) is 5.82 Å². The topological polar surface area (TPSA) is 79.4 Å². The molecule has 0 atom stereocenters. The van der Waals surface area contributed by atoms with Gasteiger partial charge in [-0.15, -0.1) is 0 Å². The van der Waals surface area contributed by atoms with Crippen molar-refractivity contribution in [2.45, 2.75) is 6.42 Å². The van der Waals surface area contributed by atoms with Gasteiger partial charge in [0.1, 0.15) is 23.2 Å². The van der Waals surface area contributed by atoms with E-state index in [1.807, 2.05) is 42.5 Å². The highest BCUT2D eigenvalue weighted by Crippen LogP contribution is 2.27. The summed E-state index contributed by atoms with van der Waals surface area (Å²) in [6.07, 6.45) is 3.78. The number of benzene rings is 2. The molecule has 0 unspecified atom stereocenters. The van der Waals surface area contributed by atoms with Gasteiger partial charge in [-0.05, 0) is 24.1 Å². The molecule has 0 fully saturated rings. The molecule has 3 heterocycles. The molecule has 29 heavy (non-hydrogen) atoms. The Kier molecular flexibility index (Phi) is 4.32. The highest BCUT2D eigenvalue weighted by atomic mass is 19.1. The fraction of sp³-hybridized carbons (Fsp3) is 0.0909. The summed E-state index contributed by atoms with van der Waals surface area (Å²) in [5, 5.41) is 4.13. The fourth-order valence-corrected chi connectivity index (χ4v) is 3.46. The van der Waals surface area contributed by atoms with E-state index >= 15 is 0 Å². The maximum absolute atomic E-state index is 14.3. The first-order valence-corrected chi connectivity index (χ1v) is 9.31. The Labute approximate surface area is 165 Å². The number of pyridine rings is 1. The van der Waals surface area contributed by atoms with E-state index in [4.69, 9.17) is 0 Å². The van der Waals surface area contributed by atoms with E-state index in [0.717, 1.165) is 27.7 Å². The molecule has 0 spiro atoms. The van der Waals surface area contributed by atoms with Gasteiger partial charge in [-0.2, -0.15) is 0 Å². The molecule has 3 aromatic heterocycles. The highest BCUT2D eigenvalue weighted by molar-refractivity contribution is 5.84. The predicted molar refractivity (Wildman–Crippen MR) is 111 cm³/mol. The van der Waals surface area contributed by atoms with E-state index < -0.39 is 0 Å². The van der Waals surface area contributed by atoms with Gasteiger partial charge >= 0.3 is 0 Å². The normalized spacial score (nSPS) is 11.2. The first kappa shape index (κ1) is 17.2. The Morgan fingerprint density at radius 3 is 2.76 bits per heavy atom. The van der Waals surface area contributed by atoms with Crippen molar-refractivity contribution in [1.82, 2.24) is 24.9 Å². The molecule has 0 amide bonds. The number of nitrogens with zero attached hydrogens (tertiary/aromatic N) is 4. The van der Waals surface area contributed by atoms with Gasteiger partial charge < -0.3 is 10.3 Å². The van der Waals surface area contributed by atoms with Crippen LogP contribution in [-0.4, -0.2) is 31.5 Å². The molecule has 6 nitrogen and oxygen atoms in total. The zero-order valence-corrected chi connectivity index (χ0v) is 15.4. The Hall–Kier alpha value is -3.87. The summed E-state index contributed by atoms with van der Waals surface area (Å²) in [7, 11) is 0. The number of aromatic amines is 1. The molecule has 2 N–H and O–H groups in total. The number of H-pyrrole nitrogens is 1. The number of anilines is 1. The van der Waals surface area contributed by atoms with Crippen LogP contribution < -0.4 is 5.32 Å². The average molecular weight is 384 g/mol. The summed E-state index contributed by atoms with van der Waals surface area (Å²) in [6.45, 7) is 0.632. The van der Waals surface area contributed by atoms with Crippen molar-refractivity contribution in [2.75, 3.05) is 11.9 Å². The lowest BCUT2D eigenvalue weighted by Crippen LogP contribution is -2.08. The second-order valence-corrected chi connectivity index (χ2v) is 6.67. The quantitative estimate of drug-likeness (QED) is 0.471. The van der Waals surface area contributed by atoms with Gasteiger partial charge in [0.15, 0.2) is 11.5 Å². The maximum atomic E-state index is 14.3. The Balaban J connectivity index is 1.49. The summed E-state index contributed by atoms with van der Waals surface area (Å²) >= 11 is 0. The summed E-state index contributed by atoms with van der Waals surface area (Å²) < 4.78 is 14.3. The van der Waals surface area contributed by atoms with Crippen LogP contribution in [0.2, 0.25) is 0 Å². The molecule has 0 bridgehead atoms. The average Bonchev–Trinajstić information content (AvgIpc) is 3.24. The molecule has 5 rings (SSSR count). The number of rotatable bonds is 5. The maximum Gasteiger partial charge on any atom is 0.182 e.